The molecule has 2 rings (SSSR count). The molecule has 106 valence electrons. The molecule has 0 radical (unpaired) electrons. The minimum absolute atomic E-state index is 0.0482. The smallest absolute Gasteiger partial charge is 0.0806 e. The summed E-state index contributed by atoms with van der Waals surface area (Å²) in [5.41, 5.74) is 0.0482. The van der Waals surface area contributed by atoms with E-state index < -0.39 is 0 Å². The van der Waals surface area contributed by atoms with E-state index in [-0.39, 0.29) is 5.60 Å². The van der Waals surface area contributed by atoms with Crippen LogP contribution in [-0.2, 0) is 9.47 Å². The number of hydrogen-bond donors (Lipinski definition) is 1. The molecule has 0 amide bonds. The van der Waals surface area contributed by atoms with E-state index in [1.807, 2.05) is 0 Å². The van der Waals surface area contributed by atoms with Crippen molar-refractivity contribution >= 4 is 0 Å². The number of ether oxygens (including phenoxy) is 2. The summed E-state index contributed by atoms with van der Waals surface area (Å²) in [5.74, 6) is 0.810. The molecular formula is C15H29NO2. The van der Waals surface area contributed by atoms with Gasteiger partial charge in [0, 0.05) is 25.9 Å². The van der Waals surface area contributed by atoms with Gasteiger partial charge >= 0.3 is 0 Å². The predicted molar refractivity (Wildman–Crippen MR) is 73.8 cm³/mol. The second-order valence-electron chi connectivity index (χ2n) is 6.02. The molecule has 0 aliphatic carbocycles. The third-order valence-corrected chi connectivity index (χ3v) is 4.60. The number of rotatable bonds is 5. The maximum absolute atomic E-state index is 6.13. The van der Waals surface area contributed by atoms with E-state index >= 15 is 0 Å². The summed E-state index contributed by atoms with van der Waals surface area (Å²) in [4.78, 5) is 0. The molecule has 3 heteroatoms. The molecule has 2 atom stereocenters. The van der Waals surface area contributed by atoms with Crippen molar-refractivity contribution in [2.45, 2.75) is 64.0 Å². The molecule has 2 saturated heterocycles. The first-order valence-electron chi connectivity index (χ1n) is 7.69. The second-order valence-corrected chi connectivity index (χ2v) is 6.02. The van der Waals surface area contributed by atoms with Crippen LogP contribution in [0.25, 0.3) is 0 Å². The van der Waals surface area contributed by atoms with Crippen LogP contribution in [0.3, 0.4) is 0 Å². The van der Waals surface area contributed by atoms with Gasteiger partial charge < -0.3 is 14.8 Å². The zero-order valence-corrected chi connectivity index (χ0v) is 12.0. The van der Waals surface area contributed by atoms with Gasteiger partial charge in [0.05, 0.1) is 5.60 Å². The Morgan fingerprint density at radius 2 is 2.00 bits per heavy atom. The Morgan fingerprint density at radius 3 is 2.61 bits per heavy atom. The summed E-state index contributed by atoms with van der Waals surface area (Å²) in [6.45, 7) is 8.36. The van der Waals surface area contributed by atoms with Gasteiger partial charge in [0.15, 0.2) is 0 Å². The molecule has 0 aromatic rings. The first-order chi connectivity index (χ1) is 8.74. The molecule has 0 aromatic heterocycles. The van der Waals surface area contributed by atoms with Crippen LogP contribution in [0.2, 0.25) is 0 Å². The maximum atomic E-state index is 6.13. The monoisotopic (exact) mass is 255 g/mol. The van der Waals surface area contributed by atoms with Gasteiger partial charge in [-0.25, -0.2) is 0 Å². The fourth-order valence-corrected chi connectivity index (χ4v) is 3.34. The quantitative estimate of drug-likeness (QED) is 0.819. The zero-order chi connectivity index (χ0) is 12.8. The molecule has 2 aliphatic rings. The minimum Gasteiger partial charge on any atom is -0.381 e. The van der Waals surface area contributed by atoms with Crippen molar-refractivity contribution in [2.75, 3.05) is 26.4 Å². The number of likely N-dealkylation sites (N-methyl/N-ethyl adjacent to an activating group) is 1. The molecule has 3 nitrogen and oxygen atoms in total. The van der Waals surface area contributed by atoms with E-state index in [1.165, 1.54) is 38.5 Å². The Labute approximate surface area is 112 Å². The highest BCUT2D eigenvalue weighted by Gasteiger charge is 2.37. The Bertz CT molecular complexity index is 233. The first-order valence-corrected chi connectivity index (χ1v) is 7.69. The zero-order valence-electron chi connectivity index (χ0n) is 12.0. The fourth-order valence-electron chi connectivity index (χ4n) is 3.34. The topological polar surface area (TPSA) is 30.5 Å². The minimum atomic E-state index is 0.0482. The lowest BCUT2D eigenvalue weighted by atomic mass is 9.81. The average Bonchev–Trinajstić information content (AvgIpc) is 2.40. The van der Waals surface area contributed by atoms with Crippen molar-refractivity contribution in [3.63, 3.8) is 0 Å². The summed E-state index contributed by atoms with van der Waals surface area (Å²) in [6.07, 6.45) is 7.43. The standard InChI is InChI=1S/C15H29NO2/c1-3-16-14(12-13-6-10-17-11-7-13)15(2)8-4-5-9-18-15/h13-14,16H,3-12H2,1-2H3. The fraction of sp³-hybridized carbons (Fsp3) is 1.00. The van der Waals surface area contributed by atoms with Crippen LogP contribution in [0.4, 0.5) is 0 Å². The van der Waals surface area contributed by atoms with Crippen molar-refractivity contribution in [2.24, 2.45) is 5.92 Å². The van der Waals surface area contributed by atoms with Crippen molar-refractivity contribution in [1.29, 1.82) is 0 Å². The van der Waals surface area contributed by atoms with Gasteiger partial charge in [-0.05, 0) is 57.9 Å². The third-order valence-electron chi connectivity index (χ3n) is 4.60. The van der Waals surface area contributed by atoms with Crippen LogP contribution in [-0.4, -0.2) is 38.0 Å². The molecule has 0 bridgehead atoms. The van der Waals surface area contributed by atoms with E-state index in [1.54, 1.807) is 0 Å². The lowest BCUT2D eigenvalue weighted by Gasteiger charge is -2.42. The van der Waals surface area contributed by atoms with Crippen molar-refractivity contribution in [3.8, 4) is 0 Å². The largest absolute Gasteiger partial charge is 0.381 e. The molecule has 0 aromatic carbocycles. The summed E-state index contributed by atoms with van der Waals surface area (Å²) in [5, 5.41) is 3.67. The van der Waals surface area contributed by atoms with E-state index in [4.69, 9.17) is 9.47 Å². The second kappa shape index (κ2) is 6.88. The summed E-state index contributed by atoms with van der Waals surface area (Å²) in [7, 11) is 0. The van der Waals surface area contributed by atoms with Crippen LogP contribution >= 0.6 is 0 Å². The molecule has 2 fully saturated rings. The van der Waals surface area contributed by atoms with E-state index in [2.05, 4.69) is 19.2 Å². The molecule has 2 heterocycles. The van der Waals surface area contributed by atoms with Gasteiger partial charge in [-0.1, -0.05) is 6.92 Å². The van der Waals surface area contributed by atoms with Gasteiger partial charge in [0.2, 0.25) is 0 Å². The van der Waals surface area contributed by atoms with E-state index in [0.717, 1.165) is 32.3 Å². The maximum Gasteiger partial charge on any atom is 0.0806 e. The third kappa shape index (κ3) is 3.69. The molecule has 2 unspecified atom stereocenters. The van der Waals surface area contributed by atoms with Crippen molar-refractivity contribution in [1.82, 2.24) is 5.32 Å². The van der Waals surface area contributed by atoms with Gasteiger partial charge in [-0.3, -0.25) is 0 Å². The van der Waals surface area contributed by atoms with Crippen molar-refractivity contribution < 1.29 is 9.47 Å². The molecular weight excluding hydrogens is 226 g/mol. The van der Waals surface area contributed by atoms with Crippen LogP contribution in [0, 0.1) is 5.92 Å². The first kappa shape index (κ1) is 14.3. The predicted octanol–water partition coefficient (Wildman–Crippen LogP) is 2.74. The Hall–Kier alpha value is -0.120. The highest BCUT2D eigenvalue weighted by atomic mass is 16.5. The van der Waals surface area contributed by atoms with Gasteiger partial charge in [0.1, 0.15) is 0 Å². The summed E-state index contributed by atoms with van der Waals surface area (Å²) >= 11 is 0. The van der Waals surface area contributed by atoms with Crippen LogP contribution in [0.5, 0.6) is 0 Å². The van der Waals surface area contributed by atoms with Gasteiger partial charge in [-0.15, -0.1) is 0 Å². The SMILES string of the molecule is CCNC(CC1CCOCC1)C1(C)CCCCO1. The average molecular weight is 255 g/mol. The van der Waals surface area contributed by atoms with Gasteiger partial charge in [-0.2, -0.15) is 0 Å². The molecule has 2 aliphatic heterocycles. The van der Waals surface area contributed by atoms with Gasteiger partial charge in [0.25, 0.3) is 0 Å². The Morgan fingerprint density at radius 1 is 1.22 bits per heavy atom. The molecule has 0 spiro atoms. The number of hydrogen-bond acceptors (Lipinski definition) is 3. The van der Waals surface area contributed by atoms with Crippen LogP contribution < -0.4 is 5.32 Å². The molecule has 0 saturated carbocycles. The summed E-state index contributed by atoms with van der Waals surface area (Å²) in [6, 6.07) is 0.505. The summed E-state index contributed by atoms with van der Waals surface area (Å²) < 4.78 is 11.6. The molecule has 1 N–H and O–H groups in total. The normalized spacial score (nSPS) is 32.3. The van der Waals surface area contributed by atoms with Crippen molar-refractivity contribution in [3.05, 3.63) is 0 Å². The van der Waals surface area contributed by atoms with Crippen LogP contribution in [0.1, 0.15) is 52.4 Å². The lowest BCUT2D eigenvalue weighted by Crippen LogP contribution is -2.53. The van der Waals surface area contributed by atoms with E-state index in [9.17, 15) is 0 Å². The highest BCUT2D eigenvalue weighted by molar-refractivity contribution is 4.92. The lowest BCUT2D eigenvalue weighted by molar-refractivity contribution is -0.0947. The van der Waals surface area contributed by atoms with E-state index in [0.29, 0.717) is 6.04 Å². The number of nitrogens with one attached hydrogen (secondary N) is 1. The Balaban J connectivity index is 1.92. The Kier molecular flexibility index (Phi) is 5.46. The van der Waals surface area contributed by atoms with Crippen LogP contribution in [0.15, 0.2) is 0 Å². The highest BCUT2D eigenvalue weighted by Crippen LogP contribution is 2.32. The molecule has 18 heavy (non-hydrogen) atoms.